The highest BCUT2D eigenvalue weighted by Crippen LogP contribution is 2.22. The van der Waals surface area contributed by atoms with E-state index >= 15 is 0 Å². The van der Waals surface area contributed by atoms with Crippen LogP contribution in [0.5, 0.6) is 0 Å². The van der Waals surface area contributed by atoms with Crippen LogP contribution in [-0.2, 0) is 14.4 Å². The molecule has 3 amide bonds. The minimum Gasteiger partial charge on any atom is -0.390 e. The molecule has 1 aliphatic carbocycles. The normalized spacial score (nSPS) is 24.0. The first-order valence-electron chi connectivity index (χ1n) is 7.92. The van der Waals surface area contributed by atoms with Gasteiger partial charge in [-0.2, -0.15) is 0 Å². The lowest BCUT2D eigenvalue weighted by Crippen LogP contribution is -2.51. The predicted octanol–water partition coefficient (Wildman–Crippen LogP) is -1.05. The van der Waals surface area contributed by atoms with Gasteiger partial charge in [-0.3, -0.25) is 14.4 Å². The summed E-state index contributed by atoms with van der Waals surface area (Å²) in [6.07, 6.45) is -0.675. The predicted molar refractivity (Wildman–Crippen MR) is 87.5 cm³/mol. The van der Waals surface area contributed by atoms with E-state index in [1.165, 1.54) is 6.08 Å². The molecule has 24 heavy (non-hydrogen) atoms. The monoisotopic (exact) mass is 341 g/mol. The van der Waals surface area contributed by atoms with Crippen molar-refractivity contribution in [3.05, 3.63) is 11.6 Å². The molecule has 0 fully saturated rings. The molecular weight excluding hydrogens is 314 g/mol. The van der Waals surface area contributed by atoms with Crippen LogP contribution in [0, 0.1) is 5.41 Å². The molecule has 0 aliphatic heterocycles. The van der Waals surface area contributed by atoms with Crippen LogP contribution in [0.3, 0.4) is 0 Å². The Bertz CT molecular complexity index is 524. The number of carbonyl (C=O) groups is 3. The number of nitrogens with one attached hydrogen (secondary N) is 2. The van der Waals surface area contributed by atoms with Crippen LogP contribution in [0.4, 0.5) is 0 Å². The van der Waals surface area contributed by atoms with Crippen molar-refractivity contribution in [2.45, 2.75) is 58.3 Å². The SMILES string of the molecule is CC(C)(C)CC(=O)NC1C=C(C(=O)NCCC(N)=O)CC(O)C1O. The Morgan fingerprint density at radius 2 is 1.92 bits per heavy atom. The van der Waals surface area contributed by atoms with Crippen molar-refractivity contribution in [2.24, 2.45) is 11.1 Å². The average Bonchev–Trinajstić information content (AvgIpc) is 2.40. The molecule has 1 aliphatic rings. The minimum atomic E-state index is -1.18. The van der Waals surface area contributed by atoms with E-state index in [4.69, 9.17) is 5.73 Å². The molecule has 0 aromatic heterocycles. The second-order valence-electron chi connectivity index (χ2n) is 7.26. The van der Waals surface area contributed by atoms with Crippen molar-refractivity contribution in [1.82, 2.24) is 10.6 Å². The van der Waals surface area contributed by atoms with Gasteiger partial charge in [-0.25, -0.2) is 0 Å². The van der Waals surface area contributed by atoms with Gasteiger partial charge in [0.1, 0.15) is 6.10 Å². The fraction of sp³-hybridized carbons (Fsp3) is 0.688. The molecule has 0 aromatic rings. The zero-order valence-corrected chi connectivity index (χ0v) is 14.3. The number of rotatable bonds is 6. The Hall–Kier alpha value is -1.93. The van der Waals surface area contributed by atoms with E-state index in [9.17, 15) is 24.6 Å². The molecule has 8 nitrogen and oxygen atoms in total. The molecule has 0 radical (unpaired) electrons. The standard InChI is InChI=1S/C16H27N3O5/c1-16(2,3)8-13(22)19-10-6-9(7-11(20)14(10)23)15(24)18-5-4-12(17)21/h6,10-11,14,20,23H,4-5,7-8H2,1-3H3,(H2,17,21)(H,18,24)(H,19,22). The van der Waals surface area contributed by atoms with Crippen molar-refractivity contribution in [2.75, 3.05) is 6.54 Å². The molecule has 1 rings (SSSR count). The summed E-state index contributed by atoms with van der Waals surface area (Å²) in [6, 6.07) is -0.847. The Labute approximate surface area is 141 Å². The third kappa shape index (κ3) is 6.67. The van der Waals surface area contributed by atoms with Crippen LogP contribution in [0.15, 0.2) is 11.6 Å². The van der Waals surface area contributed by atoms with Gasteiger partial charge in [-0.05, 0) is 5.41 Å². The highest BCUT2D eigenvalue weighted by atomic mass is 16.3. The Kier molecular flexibility index (Phi) is 6.92. The summed E-state index contributed by atoms with van der Waals surface area (Å²) in [7, 11) is 0. The fourth-order valence-electron chi connectivity index (χ4n) is 2.40. The van der Waals surface area contributed by atoms with E-state index < -0.39 is 30.1 Å². The molecule has 136 valence electrons. The molecule has 0 saturated carbocycles. The maximum absolute atomic E-state index is 12.1. The zero-order chi connectivity index (χ0) is 18.5. The second-order valence-corrected chi connectivity index (χ2v) is 7.26. The van der Waals surface area contributed by atoms with Gasteiger partial charge in [-0.1, -0.05) is 26.8 Å². The maximum Gasteiger partial charge on any atom is 0.247 e. The van der Waals surface area contributed by atoms with Crippen LogP contribution < -0.4 is 16.4 Å². The van der Waals surface area contributed by atoms with Gasteiger partial charge in [0, 0.05) is 31.4 Å². The average molecular weight is 341 g/mol. The lowest BCUT2D eigenvalue weighted by Gasteiger charge is -2.31. The van der Waals surface area contributed by atoms with Crippen molar-refractivity contribution >= 4 is 17.7 Å². The number of hydrogen-bond donors (Lipinski definition) is 5. The van der Waals surface area contributed by atoms with Gasteiger partial charge >= 0.3 is 0 Å². The summed E-state index contributed by atoms with van der Waals surface area (Å²) in [5.74, 6) is -1.27. The first kappa shape index (κ1) is 20.1. The molecule has 6 N–H and O–H groups in total. The highest BCUT2D eigenvalue weighted by molar-refractivity contribution is 5.94. The number of amides is 3. The molecular formula is C16H27N3O5. The number of aliphatic hydroxyl groups is 2. The molecule has 0 aromatic carbocycles. The summed E-state index contributed by atoms with van der Waals surface area (Å²) in [4.78, 5) is 34.7. The van der Waals surface area contributed by atoms with E-state index in [2.05, 4.69) is 10.6 Å². The number of aliphatic hydroxyl groups excluding tert-OH is 2. The number of nitrogens with two attached hydrogens (primary N) is 1. The summed E-state index contributed by atoms with van der Waals surface area (Å²) in [6.45, 7) is 5.82. The van der Waals surface area contributed by atoms with Gasteiger partial charge in [-0.15, -0.1) is 0 Å². The first-order chi connectivity index (χ1) is 11.0. The molecule has 8 heteroatoms. The number of carbonyl (C=O) groups excluding carboxylic acids is 3. The van der Waals surface area contributed by atoms with Crippen LogP contribution in [0.2, 0.25) is 0 Å². The lowest BCUT2D eigenvalue weighted by atomic mass is 9.88. The second kappa shape index (κ2) is 8.25. The number of hydrogen-bond acceptors (Lipinski definition) is 5. The Balaban J connectivity index is 2.74. The van der Waals surface area contributed by atoms with Crippen LogP contribution in [-0.4, -0.2) is 52.7 Å². The van der Waals surface area contributed by atoms with E-state index in [0.29, 0.717) is 0 Å². The van der Waals surface area contributed by atoms with Crippen molar-refractivity contribution in [3.63, 3.8) is 0 Å². The molecule has 3 atom stereocenters. The fourth-order valence-corrected chi connectivity index (χ4v) is 2.40. The van der Waals surface area contributed by atoms with Gasteiger partial charge in [0.25, 0.3) is 0 Å². The zero-order valence-electron chi connectivity index (χ0n) is 14.3. The molecule has 3 unspecified atom stereocenters. The minimum absolute atomic E-state index is 0.00987. The molecule has 0 heterocycles. The van der Waals surface area contributed by atoms with Crippen LogP contribution in [0.25, 0.3) is 0 Å². The van der Waals surface area contributed by atoms with E-state index in [1.54, 1.807) is 0 Å². The first-order valence-corrected chi connectivity index (χ1v) is 7.92. The third-order valence-corrected chi connectivity index (χ3v) is 3.54. The Morgan fingerprint density at radius 3 is 2.46 bits per heavy atom. The Morgan fingerprint density at radius 1 is 1.29 bits per heavy atom. The molecule has 0 bridgehead atoms. The number of primary amides is 1. The van der Waals surface area contributed by atoms with E-state index in [0.717, 1.165) is 0 Å². The van der Waals surface area contributed by atoms with Gasteiger partial charge in [0.15, 0.2) is 0 Å². The van der Waals surface area contributed by atoms with Gasteiger partial charge < -0.3 is 26.6 Å². The van der Waals surface area contributed by atoms with E-state index in [-0.39, 0.29) is 42.7 Å². The molecule has 0 spiro atoms. The topological polar surface area (TPSA) is 142 Å². The maximum atomic E-state index is 12.1. The van der Waals surface area contributed by atoms with Crippen molar-refractivity contribution < 1.29 is 24.6 Å². The van der Waals surface area contributed by atoms with Crippen LogP contribution >= 0.6 is 0 Å². The lowest BCUT2D eigenvalue weighted by molar-refractivity contribution is -0.125. The largest absolute Gasteiger partial charge is 0.390 e. The van der Waals surface area contributed by atoms with Crippen molar-refractivity contribution in [1.29, 1.82) is 0 Å². The highest BCUT2D eigenvalue weighted by Gasteiger charge is 2.34. The molecule has 0 saturated heterocycles. The summed E-state index contributed by atoms with van der Waals surface area (Å²) in [5.41, 5.74) is 5.03. The summed E-state index contributed by atoms with van der Waals surface area (Å²) >= 11 is 0. The van der Waals surface area contributed by atoms with Gasteiger partial charge in [0.2, 0.25) is 17.7 Å². The summed E-state index contributed by atoms with van der Waals surface area (Å²) in [5, 5.41) is 25.1. The van der Waals surface area contributed by atoms with Crippen LogP contribution in [0.1, 0.15) is 40.0 Å². The van der Waals surface area contributed by atoms with Gasteiger partial charge in [0.05, 0.1) is 12.1 Å². The van der Waals surface area contributed by atoms with Crippen molar-refractivity contribution in [3.8, 4) is 0 Å². The third-order valence-electron chi connectivity index (χ3n) is 3.54. The smallest absolute Gasteiger partial charge is 0.247 e. The summed E-state index contributed by atoms with van der Waals surface area (Å²) < 4.78 is 0. The van der Waals surface area contributed by atoms with E-state index in [1.807, 2.05) is 20.8 Å². The quantitative estimate of drug-likeness (QED) is 0.419.